The zero-order valence-electron chi connectivity index (χ0n) is 11.7. The van der Waals surface area contributed by atoms with Crippen molar-refractivity contribution in [3.8, 4) is 0 Å². The van der Waals surface area contributed by atoms with Crippen LogP contribution in [-0.4, -0.2) is 0 Å². The molecule has 0 aromatic carbocycles. The van der Waals surface area contributed by atoms with E-state index in [0.29, 0.717) is 0 Å². The summed E-state index contributed by atoms with van der Waals surface area (Å²) in [7, 11) is 0. The number of hydrogen-bond acceptors (Lipinski definition) is 0. The molecule has 0 aromatic rings. The zero-order valence-corrected chi connectivity index (χ0v) is 11.7. The fourth-order valence-electron chi connectivity index (χ4n) is 0. The minimum absolute atomic E-state index is 0.884. The number of rotatable bonds is 1. The van der Waals surface area contributed by atoms with Crippen LogP contribution in [0.5, 0.6) is 0 Å². The monoisotopic (exact) mass is 190 g/mol. The third-order valence-corrected chi connectivity index (χ3v) is 0.816. The van der Waals surface area contributed by atoms with Crippen molar-refractivity contribution in [3.63, 3.8) is 0 Å². The predicted octanol–water partition coefficient (Wildman–Crippen LogP) is 5.91. The van der Waals surface area contributed by atoms with E-state index in [1.165, 1.54) is 19.3 Å². The minimum Gasteiger partial charge on any atom is -0.0683 e. The van der Waals surface area contributed by atoms with Gasteiger partial charge >= 0.3 is 0 Å². The highest BCUT2D eigenvalue weighted by atomic mass is 13.9. The van der Waals surface area contributed by atoms with Crippen LogP contribution in [-0.2, 0) is 0 Å². The fraction of sp³-hybridized carbons (Fsp3) is 1.00. The van der Waals surface area contributed by atoms with E-state index in [4.69, 9.17) is 0 Å². The smallest absolute Gasteiger partial charge is 0.0474 e. The third-order valence-electron chi connectivity index (χ3n) is 0.816. The molecule has 0 saturated carbocycles. The molecule has 0 amide bonds. The first-order valence-electron chi connectivity index (χ1n) is 6.10. The molecule has 0 unspecified atom stereocenters. The molecule has 0 rings (SSSR count). The fourth-order valence-corrected chi connectivity index (χ4v) is 0. The Kier molecular flexibility index (Phi) is 71.7. The summed E-state index contributed by atoms with van der Waals surface area (Å²) in [5.74, 6) is 0.884. The van der Waals surface area contributed by atoms with E-state index in [1.54, 1.807) is 0 Å². The maximum absolute atomic E-state index is 2.22. The molecule has 0 fully saturated rings. The molecule has 86 valence electrons. The molecule has 0 bridgehead atoms. The van der Waals surface area contributed by atoms with Crippen molar-refractivity contribution in [1.29, 1.82) is 0 Å². The average Bonchev–Trinajstić information content (AvgIpc) is 2.11. The van der Waals surface area contributed by atoms with Crippen molar-refractivity contribution in [3.05, 3.63) is 0 Å². The molecule has 0 heterocycles. The molecule has 0 spiro atoms. The first kappa shape index (κ1) is 23.1. The van der Waals surface area contributed by atoms with Crippen molar-refractivity contribution in [2.45, 2.75) is 81.6 Å². The van der Waals surface area contributed by atoms with Crippen LogP contribution in [0.1, 0.15) is 81.6 Å². The van der Waals surface area contributed by atoms with Crippen LogP contribution in [0.3, 0.4) is 0 Å². The van der Waals surface area contributed by atoms with Gasteiger partial charge in [-0.05, 0) is 5.92 Å². The lowest BCUT2D eigenvalue weighted by atomic mass is 10.2. The molecule has 0 aromatic heterocycles. The summed E-state index contributed by atoms with van der Waals surface area (Å²) >= 11 is 0. The van der Waals surface area contributed by atoms with E-state index >= 15 is 0 Å². The van der Waals surface area contributed by atoms with Gasteiger partial charge in [-0.15, -0.1) is 0 Å². The van der Waals surface area contributed by atoms with Gasteiger partial charge in [-0.3, -0.25) is 0 Å². The molecule has 0 N–H and O–H groups in total. The van der Waals surface area contributed by atoms with Crippen LogP contribution >= 0.6 is 0 Å². The summed E-state index contributed by atoms with van der Waals surface area (Å²) in [5.41, 5.74) is 0. The van der Waals surface area contributed by atoms with Crippen LogP contribution < -0.4 is 0 Å². The van der Waals surface area contributed by atoms with Gasteiger partial charge in [0.1, 0.15) is 0 Å². The summed E-state index contributed by atoms with van der Waals surface area (Å²) in [6.45, 7) is 19.1. The highest BCUT2D eigenvalue weighted by molar-refractivity contribution is 4.32. The second kappa shape index (κ2) is 40.3. The lowest BCUT2D eigenvalue weighted by Gasteiger charge is -1.90. The second-order valence-electron chi connectivity index (χ2n) is 3.22. The maximum Gasteiger partial charge on any atom is -0.0474 e. The van der Waals surface area contributed by atoms with Crippen molar-refractivity contribution in [1.82, 2.24) is 0 Å². The van der Waals surface area contributed by atoms with Crippen molar-refractivity contribution >= 4 is 0 Å². The summed E-state index contributed by atoms with van der Waals surface area (Å²) in [4.78, 5) is 0. The summed E-state index contributed by atoms with van der Waals surface area (Å²) in [6.07, 6.45) is 3.81. The Bertz CT molecular complexity index is 27.0. The van der Waals surface area contributed by atoms with Crippen LogP contribution in [0.4, 0.5) is 0 Å². The molecule has 0 aliphatic carbocycles. The first-order valence-corrected chi connectivity index (χ1v) is 6.10. The SMILES string of the molecule is CC.CCC.CCC.CCC(C)C. The standard InChI is InChI=1S/C5H12.2C3H8.C2H6/c1-4-5(2)3;2*1-3-2;1-2/h5H,4H2,1-3H3;2*3H2,1-2H3;1-2H3. The molecule has 0 aliphatic heterocycles. The molecule has 0 heteroatoms. The van der Waals surface area contributed by atoms with Crippen LogP contribution in [0, 0.1) is 5.92 Å². The minimum atomic E-state index is 0.884. The lowest BCUT2D eigenvalue weighted by molar-refractivity contribution is 0.626. The molecule has 0 nitrogen and oxygen atoms in total. The van der Waals surface area contributed by atoms with Crippen LogP contribution in [0.15, 0.2) is 0 Å². The predicted molar refractivity (Wildman–Crippen MR) is 68.4 cm³/mol. The molecule has 0 saturated heterocycles. The van der Waals surface area contributed by atoms with Crippen LogP contribution in [0.2, 0.25) is 0 Å². The molecule has 13 heavy (non-hydrogen) atoms. The Morgan fingerprint density at radius 3 is 0.769 bits per heavy atom. The summed E-state index contributed by atoms with van der Waals surface area (Å²) in [5, 5.41) is 0. The highest BCUT2D eigenvalue weighted by Crippen LogP contribution is 1.93. The van der Waals surface area contributed by atoms with Crippen molar-refractivity contribution in [2.24, 2.45) is 5.92 Å². The van der Waals surface area contributed by atoms with E-state index in [0.717, 1.165) is 5.92 Å². The normalized spacial score (nSPS) is 6.92. The van der Waals surface area contributed by atoms with E-state index in [2.05, 4.69) is 48.5 Å². The lowest BCUT2D eigenvalue weighted by Crippen LogP contribution is -1.77. The van der Waals surface area contributed by atoms with Crippen LogP contribution in [0.25, 0.3) is 0 Å². The van der Waals surface area contributed by atoms with Crippen molar-refractivity contribution < 1.29 is 0 Å². The van der Waals surface area contributed by atoms with Gasteiger partial charge in [-0.2, -0.15) is 0 Å². The topological polar surface area (TPSA) is 0 Å². The molecule has 0 radical (unpaired) electrons. The van der Waals surface area contributed by atoms with Gasteiger partial charge in [0.2, 0.25) is 0 Å². The summed E-state index contributed by atoms with van der Waals surface area (Å²) in [6, 6.07) is 0. The molecular formula is C13H34. The maximum atomic E-state index is 2.22. The molecule has 0 aliphatic rings. The Labute approximate surface area is 88.1 Å². The van der Waals surface area contributed by atoms with Gasteiger partial charge in [-0.25, -0.2) is 0 Å². The third kappa shape index (κ3) is 300. The van der Waals surface area contributed by atoms with Gasteiger partial charge in [0, 0.05) is 0 Å². The Balaban J connectivity index is -0.0000000446. The second-order valence-corrected chi connectivity index (χ2v) is 3.22. The van der Waals surface area contributed by atoms with Gasteiger partial charge < -0.3 is 0 Å². The van der Waals surface area contributed by atoms with E-state index in [-0.39, 0.29) is 0 Å². The van der Waals surface area contributed by atoms with Gasteiger partial charge in [0.05, 0.1) is 0 Å². The highest BCUT2D eigenvalue weighted by Gasteiger charge is 1.80. The van der Waals surface area contributed by atoms with Crippen molar-refractivity contribution in [2.75, 3.05) is 0 Å². The Morgan fingerprint density at radius 1 is 0.692 bits per heavy atom. The number of hydrogen-bond donors (Lipinski definition) is 0. The first-order chi connectivity index (χ1) is 6.10. The zero-order chi connectivity index (χ0) is 11.7. The average molecular weight is 190 g/mol. The quantitative estimate of drug-likeness (QED) is 0.482. The molecule has 0 atom stereocenters. The largest absolute Gasteiger partial charge is 0.0683 e. The summed E-state index contributed by atoms with van der Waals surface area (Å²) < 4.78 is 0. The van der Waals surface area contributed by atoms with Gasteiger partial charge in [0.15, 0.2) is 0 Å². The van der Waals surface area contributed by atoms with E-state index < -0.39 is 0 Å². The Morgan fingerprint density at radius 2 is 0.769 bits per heavy atom. The van der Waals surface area contributed by atoms with E-state index in [9.17, 15) is 0 Å². The molecular weight excluding hydrogens is 156 g/mol. The van der Waals surface area contributed by atoms with Gasteiger partial charge in [0.25, 0.3) is 0 Å². The Hall–Kier alpha value is 0. The van der Waals surface area contributed by atoms with Gasteiger partial charge in [-0.1, -0.05) is 81.6 Å². The van der Waals surface area contributed by atoms with E-state index in [1.807, 2.05) is 13.8 Å².